The quantitative estimate of drug-likeness (QED) is 0.404. The molecule has 29 heavy (non-hydrogen) atoms. The number of benzene rings is 3. The van der Waals surface area contributed by atoms with Crippen LogP contribution in [0.25, 0.3) is 22.4 Å². The number of fused-ring (bicyclic) bond motifs is 1. The molecule has 1 heterocycles. The van der Waals surface area contributed by atoms with Gasteiger partial charge in [0, 0.05) is 16.9 Å². The lowest BCUT2D eigenvalue weighted by Gasteiger charge is -2.11. The van der Waals surface area contributed by atoms with Gasteiger partial charge in [0.1, 0.15) is 5.82 Å². The number of amides is 2. The molecule has 0 bridgehead atoms. The Kier molecular flexibility index (Phi) is 4.67. The average Bonchev–Trinajstić information content (AvgIpc) is 3.12. The minimum absolute atomic E-state index is 0.0521. The second kappa shape index (κ2) is 7.31. The van der Waals surface area contributed by atoms with Crippen molar-refractivity contribution in [2.24, 2.45) is 0 Å². The highest BCUT2D eigenvalue weighted by Crippen LogP contribution is 2.30. The highest BCUT2D eigenvalue weighted by Gasteiger charge is 2.30. The Morgan fingerprint density at radius 2 is 1.59 bits per heavy atom. The number of alkyl halides is 3. The maximum Gasteiger partial charge on any atom is 0.416 e. The Morgan fingerprint density at radius 1 is 0.862 bits per heavy atom. The van der Waals surface area contributed by atoms with Crippen LogP contribution >= 0.6 is 0 Å². The van der Waals surface area contributed by atoms with Crippen molar-refractivity contribution in [2.45, 2.75) is 6.18 Å². The van der Waals surface area contributed by atoms with Crippen molar-refractivity contribution in [3.05, 3.63) is 78.4 Å². The summed E-state index contributed by atoms with van der Waals surface area (Å²) in [6, 6.07) is 18.4. The van der Waals surface area contributed by atoms with Crippen LogP contribution in [0, 0.1) is 0 Å². The molecular weight excluding hydrogens is 381 g/mol. The van der Waals surface area contributed by atoms with Crippen LogP contribution in [0.5, 0.6) is 0 Å². The summed E-state index contributed by atoms with van der Waals surface area (Å²) in [5.74, 6) is 0.700. The molecular formula is C21H15F3N4O. The zero-order chi connectivity index (χ0) is 20.4. The number of hydrogen-bond donors (Lipinski definition) is 3. The standard InChI is InChI=1S/C21H15F3N4O/c22-21(23,24)14-4-3-5-16(12-14)26-20(29)25-15-10-8-13(9-11-15)19-27-17-6-1-2-7-18(17)28-19/h1-12H,(H,27,28)(H2,25,26,29). The van der Waals surface area contributed by atoms with Crippen molar-refractivity contribution in [3.63, 3.8) is 0 Å². The third kappa shape index (κ3) is 4.21. The molecule has 0 saturated heterocycles. The average molecular weight is 396 g/mol. The third-order valence-electron chi connectivity index (χ3n) is 4.25. The predicted molar refractivity (Wildman–Crippen MR) is 106 cm³/mol. The van der Waals surface area contributed by atoms with Gasteiger partial charge in [0.2, 0.25) is 0 Å². The lowest BCUT2D eigenvalue weighted by Crippen LogP contribution is -2.19. The first-order valence-corrected chi connectivity index (χ1v) is 8.69. The molecule has 0 aliphatic rings. The lowest BCUT2D eigenvalue weighted by atomic mass is 10.2. The maximum atomic E-state index is 12.8. The molecule has 0 unspecified atom stereocenters. The van der Waals surface area contributed by atoms with Gasteiger partial charge < -0.3 is 15.6 Å². The first-order chi connectivity index (χ1) is 13.9. The molecule has 8 heteroatoms. The summed E-state index contributed by atoms with van der Waals surface area (Å²) < 4.78 is 38.3. The van der Waals surface area contributed by atoms with E-state index >= 15 is 0 Å². The van der Waals surface area contributed by atoms with Crippen molar-refractivity contribution in [2.75, 3.05) is 10.6 Å². The van der Waals surface area contributed by atoms with Gasteiger partial charge in [0.25, 0.3) is 0 Å². The Balaban J connectivity index is 1.44. The van der Waals surface area contributed by atoms with Crippen LogP contribution in [0.4, 0.5) is 29.3 Å². The first kappa shape index (κ1) is 18.5. The van der Waals surface area contributed by atoms with Crippen molar-refractivity contribution < 1.29 is 18.0 Å². The van der Waals surface area contributed by atoms with Gasteiger partial charge in [-0.05, 0) is 54.6 Å². The molecule has 4 aromatic rings. The highest BCUT2D eigenvalue weighted by molar-refractivity contribution is 5.99. The maximum absolute atomic E-state index is 12.8. The van der Waals surface area contributed by atoms with E-state index in [9.17, 15) is 18.0 Å². The number of rotatable bonds is 3. The Bertz CT molecular complexity index is 1130. The zero-order valence-corrected chi connectivity index (χ0v) is 14.9. The van der Waals surface area contributed by atoms with E-state index in [1.54, 1.807) is 24.3 Å². The number of H-pyrrole nitrogens is 1. The number of aromatic amines is 1. The minimum atomic E-state index is -4.47. The Morgan fingerprint density at radius 3 is 2.31 bits per heavy atom. The fraction of sp³-hybridized carbons (Fsp3) is 0.0476. The summed E-state index contributed by atoms with van der Waals surface area (Å²) in [6.07, 6.45) is -4.47. The number of imidazole rings is 1. The molecule has 0 atom stereocenters. The SMILES string of the molecule is O=C(Nc1ccc(-c2nc3ccccc3[nH]2)cc1)Nc1cccc(C(F)(F)F)c1. The van der Waals surface area contributed by atoms with Crippen molar-refractivity contribution in [3.8, 4) is 11.4 Å². The molecule has 0 spiro atoms. The summed E-state index contributed by atoms with van der Waals surface area (Å²) in [5.41, 5.74) is 2.33. The molecule has 1 aromatic heterocycles. The number of hydrogen-bond acceptors (Lipinski definition) is 2. The van der Waals surface area contributed by atoms with Gasteiger partial charge in [-0.15, -0.1) is 0 Å². The van der Waals surface area contributed by atoms with E-state index in [0.717, 1.165) is 28.7 Å². The number of anilines is 2. The topological polar surface area (TPSA) is 69.8 Å². The van der Waals surface area contributed by atoms with E-state index in [1.807, 2.05) is 24.3 Å². The second-order valence-corrected chi connectivity index (χ2v) is 6.34. The number of carbonyl (C=O) groups excluding carboxylic acids is 1. The van der Waals surface area contributed by atoms with Crippen molar-refractivity contribution >= 4 is 28.4 Å². The molecule has 3 aromatic carbocycles. The summed E-state index contributed by atoms with van der Waals surface area (Å²) in [4.78, 5) is 19.8. The van der Waals surface area contributed by atoms with Gasteiger partial charge >= 0.3 is 12.2 Å². The van der Waals surface area contributed by atoms with Crippen molar-refractivity contribution in [1.82, 2.24) is 9.97 Å². The summed E-state index contributed by atoms with van der Waals surface area (Å²) in [5, 5.41) is 4.99. The Labute approximate surface area is 163 Å². The summed E-state index contributed by atoms with van der Waals surface area (Å²) in [6.45, 7) is 0. The number of halogens is 3. The molecule has 0 aliphatic carbocycles. The van der Waals surface area contributed by atoms with Crippen LogP contribution in [0.15, 0.2) is 72.8 Å². The normalized spacial score (nSPS) is 11.4. The number of nitrogens with one attached hydrogen (secondary N) is 3. The monoisotopic (exact) mass is 396 g/mol. The summed E-state index contributed by atoms with van der Waals surface area (Å²) >= 11 is 0. The molecule has 146 valence electrons. The van der Waals surface area contributed by atoms with E-state index in [1.165, 1.54) is 12.1 Å². The van der Waals surface area contributed by atoms with Crippen molar-refractivity contribution in [1.29, 1.82) is 0 Å². The van der Waals surface area contributed by atoms with Gasteiger partial charge in [0.15, 0.2) is 0 Å². The molecule has 0 saturated carbocycles. The van der Waals surface area contributed by atoms with Gasteiger partial charge in [-0.3, -0.25) is 0 Å². The summed E-state index contributed by atoms with van der Waals surface area (Å²) in [7, 11) is 0. The molecule has 0 radical (unpaired) electrons. The number of urea groups is 1. The first-order valence-electron chi connectivity index (χ1n) is 8.69. The number of carbonyl (C=O) groups is 1. The smallest absolute Gasteiger partial charge is 0.338 e. The van der Waals surface area contributed by atoms with E-state index < -0.39 is 17.8 Å². The molecule has 3 N–H and O–H groups in total. The third-order valence-corrected chi connectivity index (χ3v) is 4.25. The van der Waals surface area contributed by atoms with Crippen LogP contribution in [0.3, 0.4) is 0 Å². The van der Waals surface area contributed by atoms with Gasteiger partial charge in [-0.2, -0.15) is 13.2 Å². The predicted octanol–water partition coefficient (Wildman–Crippen LogP) is 5.89. The van der Waals surface area contributed by atoms with E-state index in [0.29, 0.717) is 11.5 Å². The van der Waals surface area contributed by atoms with E-state index in [-0.39, 0.29) is 5.69 Å². The number of para-hydroxylation sites is 2. The fourth-order valence-corrected chi connectivity index (χ4v) is 2.87. The lowest BCUT2D eigenvalue weighted by molar-refractivity contribution is -0.137. The molecule has 0 aliphatic heterocycles. The zero-order valence-electron chi connectivity index (χ0n) is 14.9. The minimum Gasteiger partial charge on any atom is -0.338 e. The van der Waals surface area contributed by atoms with Crippen LogP contribution in [-0.4, -0.2) is 16.0 Å². The number of aromatic nitrogens is 2. The van der Waals surface area contributed by atoms with E-state index in [4.69, 9.17) is 0 Å². The van der Waals surface area contributed by atoms with Gasteiger partial charge in [0.05, 0.1) is 16.6 Å². The van der Waals surface area contributed by atoms with Crippen LogP contribution in [0.2, 0.25) is 0 Å². The molecule has 5 nitrogen and oxygen atoms in total. The van der Waals surface area contributed by atoms with Gasteiger partial charge in [-0.1, -0.05) is 18.2 Å². The molecule has 2 amide bonds. The molecule has 0 fully saturated rings. The van der Waals surface area contributed by atoms with Crippen LogP contribution in [-0.2, 0) is 6.18 Å². The van der Waals surface area contributed by atoms with Crippen LogP contribution in [0.1, 0.15) is 5.56 Å². The fourth-order valence-electron chi connectivity index (χ4n) is 2.87. The van der Waals surface area contributed by atoms with E-state index in [2.05, 4.69) is 20.6 Å². The highest BCUT2D eigenvalue weighted by atomic mass is 19.4. The van der Waals surface area contributed by atoms with Crippen LogP contribution < -0.4 is 10.6 Å². The largest absolute Gasteiger partial charge is 0.416 e. The Hall–Kier alpha value is -3.81. The number of nitrogens with zero attached hydrogens (tertiary/aromatic N) is 1. The molecule has 4 rings (SSSR count). The van der Waals surface area contributed by atoms with Gasteiger partial charge in [-0.25, -0.2) is 9.78 Å². The second-order valence-electron chi connectivity index (χ2n) is 6.34.